The van der Waals surface area contributed by atoms with Crippen molar-refractivity contribution >= 4 is 17.7 Å². The summed E-state index contributed by atoms with van der Waals surface area (Å²) in [6.45, 7) is 2.33. The zero-order chi connectivity index (χ0) is 20.9. The number of amides is 1. The number of aliphatic imine (C=N–C) groups is 1. The van der Waals surface area contributed by atoms with Crippen molar-refractivity contribution in [2.24, 2.45) is 10.9 Å². The van der Waals surface area contributed by atoms with E-state index in [1.807, 2.05) is 12.1 Å². The first-order valence-electron chi connectivity index (χ1n) is 10.2. The van der Waals surface area contributed by atoms with Crippen molar-refractivity contribution in [2.75, 3.05) is 44.9 Å². The number of aliphatic hydroxyl groups excluding tert-OH is 1. The van der Waals surface area contributed by atoms with E-state index in [-0.39, 0.29) is 12.0 Å². The first kappa shape index (κ1) is 20.5. The lowest BCUT2D eigenvalue weighted by atomic mass is 9.96. The number of benzene rings is 1. The standard InChI is InChI=1S/C21H27N3O6/c1-27-20-9-14(4-5-23-20)8-16(25)11-22-12-17-13-24(21(26)30-17)15-2-3-18-19(10-15)29-7-6-28-18/h2-5,10,14,16-17,22,25H,6-9,11-13H2,1H3/t14?,16-,17-/m1/s1. The molecule has 0 saturated carbocycles. The van der Waals surface area contributed by atoms with E-state index in [2.05, 4.69) is 10.3 Å². The Labute approximate surface area is 175 Å². The Balaban J connectivity index is 1.22. The fourth-order valence-electron chi connectivity index (χ4n) is 3.77. The van der Waals surface area contributed by atoms with Crippen molar-refractivity contribution in [3.63, 3.8) is 0 Å². The van der Waals surface area contributed by atoms with E-state index >= 15 is 0 Å². The van der Waals surface area contributed by atoms with Gasteiger partial charge < -0.3 is 29.4 Å². The molecule has 0 aromatic heterocycles. The molecular weight excluding hydrogens is 390 g/mol. The average Bonchev–Trinajstić information content (AvgIpc) is 3.13. The Hall–Kier alpha value is -2.78. The van der Waals surface area contributed by atoms with E-state index in [9.17, 15) is 9.90 Å². The SMILES string of the molecule is COC1=NC=CC(C[C@@H](O)CNC[C@@H]2CN(c3ccc4c(c3)OCCO4)C(=O)O2)C1. The van der Waals surface area contributed by atoms with E-state index in [1.165, 1.54) is 0 Å². The van der Waals surface area contributed by atoms with Crippen molar-refractivity contribution in [1.29, 1.82) is 0 Å². The molecule has 0 radical (unpaired) electrons. The molecule has 1 unspecified atom stereocenters. The maximum Gasteiger partial charge on any atom is 0.414 e. The molecule has 162 valence electrons. The van der Waals surface area contributed by atoms with Crippen LogP contribution >= 0.6 is 0 Å². The lowest BCUT2D eigenvalue weighted by molar-refractivity contribution is 0.126. The zero-order valence-corrected chi connectivity index (χ0v) is 17.0. The summed E-state index contributed by atoms with van der Waals surface area (Å²) in [7, 11) is 1.60. The minimum atomic E-state index is -0.512. The second-order valence-corrected chi connectivity index (χ2v) is 7.52. The molecule has 0 spiro atoms. The van der Waals surface area contributed by atoms with Gasteiger partial charge in [-0.05, 0) is 24.5 Å². The molecule has 0 aliphatic carbocycles. The van der Waals surface area contributed by atoms with Gasteiger partial charge in [0.25, 0.3) is 0 Å². The molecular formula is C21H27N3O6. The molecule has 0 bridgehead atoms. The number of carbonyl (C=O) groups is 1. The number of anilines is 1. The van der Waals surface area contributed by atoms with Gasteiger partial charge in [-0.1, -0.05) is 6.08 Å². The van der Waals surface area contributed by atoms with Gasteiger partial charge in [0.05, 0.1) is 25.4 Å². The summed E-state index contributed by atoms with van der Waals surface area (Å²) in [5, 5.41) is 13.5. The lowest BCUT2D eigenvalue weighted by Gasteiger charge is -2.21. The van der Waals surface area contributed by atoms with Crippen LogP contribution < -0.4 is 19.7 Å². The normalized spacial score (nSPS) is 23.7. The van der Waals surface area contributed by atoms with Gasteiger partial charge in [-0.3, -0.25) is 4.90 Å². The third-order valence-electron chi connectivity index (χ3n) is 5.29. The van der Waals surface area contributed by atoms with Crippen LogP contribution in [0.1, 0.15) is 12.8 Å². The van der Waals surface area contributed by atoms with Crippen LogP contribution in [0.2, 0.25) is 0 Å². The van der Waals surface area contributed by atoms with E-state index in [0.717, 1.165) is 0 Å². The number of aliphatic hydroxyl groups is 1. The van der Waals surface area contributed by atoms with Crippen LogP contribution in [0.25, 0.3) is 0 Å². The maximum absolute atomic E-state index is 12.3. The Morgan fingerprint density at radius 3 is 3.00 bits per heavy atom. The molecule has 1 aromatic rings. The topological polar surface area (TPSA) is 102 Å². The van der Waals surface area contributed by atoms with E-state index < -0.39 is 12.2 Å². The average molecular weight is 417 g/mol. The minimum absolute atomic E-state index is 0.198. The minimum Gasteiger partial charge on any atom is -0.486 e. The van der Waals surface area contributed by atoms with Gasteiger partial charge in [-0.2, -0.15) is 0 Å². The van der Waals surface area contributed by atoms with E-state index in [0.29, 0.717) is 68.8 Å². The van der Waals surface area contributed by atoms with Gasteiger partial charge in [0.1, 0.15) is 19.3 Å². The number of fused-ring (bicyclic) bond motifs is 1. The van der Waals surface area contributed by atoms with E-state index in [4.69, 9.17) is 18.9 Å². The van der Waals surface area contributed by atoms with Crippen molar-refractivity contribution in [3.05, 3.63) is 30.5 Å². The highest BCUT2D eigenvalue weighted by Crippen LogP contribution is 2.35. The van der Waals surface area contributed by atoms with Crippen LogP contribution in [0.5, 0.6) is 11.5 Å². The molecule has 1 aromatic carbocycles. The number of carbonyl (C=O) groups excluding carboxylic acids is 1. The molecule has 3 atom stereocenters. The number of nitrogens with one attached hydrogen (secondary N) is 1. The van der Waals surface area contributed by atoms with Crippen molar-refractivity contribution in [2.45, 2.75) is 25.0 Å². The largest absolute Gasteiger partial charge is 0.486 e. The second-order valence-electron chi connectivity index (χ2n) is 7.52. The summed E-state index contributed by atoms with van der Waals surface area (Å²) in [6, 6.07) is 5.42. The lowest BCUT2D eigenvalue weighted by Crippen LogP contribution is -2.36. The van der Waals surface area contributed by atoms with Crippen LogP contribution in [0.4, 0.5) is 10.5 Å². The molecule has 3 heterocycles. The van der Waals surface area contributed by atoms with Crippen LogP contribution in [-0.2, 0) is 9.47 Å². The highest BCUT2D eigenvalue weighted by Gasteiger charge is 2.33. The molecule has 1 fully saturated rings. The number of hydrogen-bond acceptors (Lipinski definition) is 8. The molecule has 9 nitrogen and oxygen atoms in total. The number of cyclic esters (lactones) is 1. The predicted octanol–water partition coefficient (Wildman–Crippen LogP) is 1.70. The van der Waals surface area contributed by atoms with Gasteiger partial charge in [0, 0.05) is 31.8 Å². The fourth-order valence-corrected chi connectivity index (χ4v) is 3.77. The third-order valence-corrected chi connectivity index (χ3v) is 5.29. The number of nitrogens with zero attached hydrogens (tertiary/aromatic N) is 2. The van der Waals surface area contributed by atoms with Gasteiger partial charge in [0.2, 0.25) is 0 Å². The number of methoxy groups -OCH3 is 1. The van der Waals surface area contributed by atoms with Crippen LogP contribution in [0, 0.1) is 5.92 Å². The summed E-state index contributed by atoms with van der Waals surface area (Å²) in [4.78, 5) is 18.0. The number of rotatable bonds is 7. The first-order chi connectivity index (χ1) is 14.6. The second kappa shape index (κ2) is 9.36. The molecule has 4 rings (SSSR count). The summed E-state index contributed by atoms with van der Waals surface area (Å²) in [6.07, 6.45) is 3.81. The van der Waals surface area contributed by atoms with Gasteiger partial charge in [0.15, 0.2) is 17.4 Å². The van der Waals surface area contributed by atoms with Crippen LogP contribution in [0.15, 0.2) is 35.5 Å². The molecule has 3 aliphatic heterocycles. The number of ether oxygens (including phenoxy) is 4. The molecule has 1 amide bonds. The predicted molar refractivity (Wildman–Crippen MR) is 110 cm³/mol. The Bertz CT molecular complexity index is 827. The Morgan fingerprint density at radius 2 is 2.17 bits per heavy atom. The summed E-state index contributed by atoms with van der Waals surface area (Å²) >= 11 is 0. The quantitative estimate of drug-likeness (QED) is 0.696. The third kappa shape index (κ3) is 4.85. The van der Waals surface area contributed by atoms with Crippen molar-refractivity contribution < 1.29 is 28.8 Å². The molecule has 2 N–H and O–H groups in total. The highest BCUT2D eigenvalue weighted by molar-refractivity contribution is 5.90. The number of hydrogen-bond donors (Lipinski definition) is 2. The van der Waals surface area contributed by atoms with Gasteiger partial charge >= 0.3 is 6.09 Å². The first-order valence-corrected chi connectivity index (χ1v) is 10.2. The van der Waals surface area contributed by atoms with Crippen LogP contribution in [0.3, 0.4) is 0 Å². The fraction of sp³-hybridized carbons (Fsp3) is 0.524. The maximum atomic E-state index is 12.3. The van der Waals surface area contributed by atoms with E-state index in [1.54, 1.807) is 30.3 Å². The van der Waals surface area contributed by atoms with Gasteiger partial charge in [-0.15, -0.1) is 0 Å². The molecule has 1 saturated heterocycles. The molecule has 3 aliphatic rings. The summed E-state index contributed by atoms with van der Waals surface area (Å²) < 4.78 is 21.7. The van der Waals surface area contributed by atoms with Gasteiger partial charge in [-0.25, -0.2) is 9.79 Å². The van der Waals surface area contributed by atoms with Crippen molar-refractivity contribution in [1.82, 2.24) is 5.32 Å². The monoisotopic (exact) mass is 417 g/mol. The summed E-state index contributed by atoms with van der Waals surface area (Å²) in [5.41, 5.74) is 0.714. The number of allylic oxidation sites excluding steroid dienone is 1. The van der Waals surface area contributed by atoms with Crippen molar-refractivity contribution in [3.8, 4) is 11.5 Å². The molecule has 9 heteroatoms. The Kier molecular flexibility index (Phi) is 6.39. The molecule has 30 heavy (non-hydrogen) atoms. The highest BCUT2D eigenvalue weighted by atomic mass is 16.6. The zero-order valence-electron chi connectivity index (χ0n) is 17.0. The smallest absolute Gasteiger partial charge is 0.414 e. The van der Waals surface area contributed by atoms with Crippen LogP contribution in [-0.4, -0.2) is 69.3 Å². The summed E-state index contributed by atoms with van der Waals surface area (Å²) in [5.74, 6) is 2.19. The Morgan fingerprint density at radius 1 is 1.33 bits per heavy atom.